The van der Waals surface area contributed by atoms with Gasteiger partial charge in [0.2, 0.25) is 0 Å². The van der Waals surface area contributed by atoms with Crippen LogP contribution in [0.5, 0.6) is 0 Å². The first-order valence-corrected chi connectivity index (χ1v) is 8.56. The number of hydrogen-bond donors (Lipinski definition) is 1. The molecule has 1 aliphatic heterocycles. The minimum Gasteiger partial charge on any atom is -0.444 e. The first kappa shape index (κ1) is 19.1. The number of carbonyl (C=O) groups is 1. The van der Waals surface area contributed by atoms with Crippen LogP contribution >= 0.6 is 0 Å². The number of carbonyl (C=O) groups excluding carboxylic acids is 1. The highest BCUT2D eigenvalue weighted by molar-refractivity contribution is 5.69. The molecule has 2 unspecified atom stereocenters. The number of aliphatic hydroxyl groups is 1. The zero-order valence-electron chi connectivity index (χ0n) is 15.1. The maximum absolute atomic E-state index is 12.7. The lowest BCUT2D eigenvalue weighted by Crippen LogP contribution is -2.57. The molecular weight excluding hydrogens is 320 g/mol. The maximum Gasteiger partial charge on any atom is 0.410 e. The van der Waals surface area contributed by atoms with Gasteiger partial charge in [-0.25, -0.2) is 4.79 Å². The normalized spacial score (nSPS) is 20.3. The molecule has 0 spiro atoms. The highest BCUT2D eigenvalue weighted by Gasteiger charge is 2.45. The van der Waals surface area contributed by atoms with Crippen molar-refractivity contribution in [1.29, 1.82) is 0 Å². The molecule has 2 atom stereocenters. The van der Waals surface area contributed by atoms with Crippen molar-refractivity contribution in [3.8, 4) is 0 Å². The molecule has 7 nitrogen and oxygen atoms in total. The Labute approximate surface area is 148 Å². The van der Waals surface area contributed by atoms with E-state index >= 15 is 0 Å². The molecule has 0 aliphatic carbocycles. The average Bonchev–Trinajstić information content (AvgIpc) is 2.59. The fourth-order valence-electron chi connectivity index (χ4n) is 3.22. The largest absolute Gasteiger partial charge is 0.444 e. The van der Waals surface area contributed by atoms with E-state index in [1.807, 2.05) is 39.0 Å². The van der Waals surface area contributed by atoms with E-state index in [0.717, 1.165) is 12.8 Å². The summed E-state index contributed by atoms with van der Waals surface area (Å²) in [6.07, 6.45) is 1.90. The molecule has 0 bridgehead atoms. The Bertz CT molecular complexity index is 637. The minimum atomic E-state index is -1.45. The fourth-order valence-corrected chi connectivity index (χ4v) is 3.22. The van der Waals surface area contributed by atoms with Crippen LogP contribution in [0.1, 0.15) is 45.6 Å². The van der Waals surface area contributed by atoms with E-state index in [4.69, 9.17) is 10.3 Å². The molecule has 1 heterocycles. The summed E-state index contributed by atoms with van der Waals surface area (Å²) in [5, 5.41) is 15.1. The lowest BCUT2D eigenvalue weighted by Gasteiger charge is -2.45. The quantitative estimate of drug-likeness (QED) is 0.507. The molecule has 1 N–H and O–H groups in total. The predicted octanol–water partition coefficient (Wildman–Crippen LogP) is 3.97. The van der Waals surface area contributed by atoms with Gasteiger partial charge in [0, 0.05) is 11.5 Å². The van der Waals surface area contributed by atoms with Crippen LogP contribution in [0, 0.1) is 0 Å². The van der Waals surface area contributed by atoms with Crippen LogP contribution in [-0.2, 0) is 10.3 Å². The molecule has 0 saturated carbocycles. The summed E-state index contributed by atoms with van der Waals surface area (Å²) in [7, 11) is 0. The summed E-state index contributed by atoms with van der Waals surface area (Å²) >= 11 is 0. The molecule has 0 aromatic heterocycles. The Kier molecular flexibility index (Phi) is 5.93. The second kappa shape index (κ2) is 7.76. The lowest BCUT2D eigenvalue weighted by molar-refractivity contribution is -0.0677. The summed E-state index contributed by atoms with van der Waals surface area (Å²) in [4.78, 5) is 17.0. The monoisotopic (exact) mass is 346 g/mol. The second-order valence-corrected chi connectivity index (χ2v) is 7.36. The van der Waals surface area contributed by atoms with E-state index in [2.05, 4.69) is 10.0 Å². The van der Waals surface area contributed by atoms with Crippen molar-refractivity contribution in [2.45, 2.75) is 57.3 Å². The Morgan fingerprint density at radius 3 is 2.64 bits per heavy atom. The van der Waals surface area contributed by atoms with Crippen molar-refractivity contribution in [2.24, 2.45) is 5.11 Å². The third-order valence-corrected chi connectivity index (χ3v) is 4.33. The van der Waals surface area contributed by atoms with Gasteiger partial charge >= 0.3 is 6.09 Å². The number of nitrogens with zero attached hydrogens (tertiary/aromatic N) is 4. The summed E-state index contributed by atoms with van der Waals surface area (Å²) in [5.74, 6) is 0. The van der Waals surface area contributed by atoms with Crippen molar-refractivity contribution in [2.75, 3.05) is 13.1 Å². The fraction of sp³-hybridized carbons (Fsp3) is 0.611. The van der Waals surface area contributed by atoms with Gasteiger partial charge in [-0.3, -0.25) is 0 Å². The van der Waals surface area contributed by atoms with Crippen molar-refractivity contribution in [3.05, 3.63) is 46.3 Å². The summed E-state index contributed by atoms with van der Waals surface area (Å²) in [6, 6.07) is 8.55. The van der Waals surface area contributed by atoms with Crippen LogP contribution in [0.15, 0.2) is 35.4 Å². The molecular formula is C18H26N4O3. The third kappa shape index (κ3) is 4.65. The first-order chi connectivity index (χ1) is 11.8. The van der Waals surface area contributed by atoms with Crippen molar-refractivity contribution in [1.82, 2.24) is 4.90 Å². The molecule has 2 rings (SSSR count). The molecule has 1 aliphatic rings. The number of likely N-dealkylation sites (tertiary alicyclic amines) is 1. The van der Waals surface area contributed by atoms with Crippen molar-refractivity contribution in [3.63, 3.8) is 0 Å². The second-order valence-electron chi connectivity index (χ2n) is 7.36. The highest BCUT2D eigenvalue weighted by Crippen LogP contribution is 2.35. The van der Waals surface area contributed by atoms with Gasteiger partial charge in [0.1, 0.15) is 11.2 Å². The van der Waals surface area contributed by atoms with E-state index in [1.165, 1.54) is 0 Å². The van der Waals surface area contributed by atoms with Crippen LogP contribution in [0.25, 0.3) is 10.4 Å². The number of azide groups is 1. The first-order valence-electron chi connectivity index (χ1n) is 8.56. The molecule has 7 heteroatoms. The highest BCUT2D eigenvalue weighted by atomic mass is 16.6. The van der Waals surface area contributed by atoms with Gasteiger partial charge in [0.15, 0.2) is 0 Å². The molecule has 136 valence electrons. The smallest absolute Gasteiger partial charge is 0.410 e. The van der Waals surface area contributed by atoms with Gasteiger partial charge < -0.3 is 14.7 Å². The Morgan fingerprint density at radius 1 is 1.36 bits per heavy atom. The number of benzene rings is 1. The Hall–Kier alpha value is -2.24. The topological polar surface area (TPSA) is 98.5 Å². The van der Waals surface area contributed by atoms with Crippen molar-refractivity contribution < 1.29 is 14.6 Å². The van der Waals surface area contributed by atoms with Gasteiger partial charge in [-0.1, -0.05) is 35.4 Å². The van der Waals surface area contributed by atoms with E-state index in [-0.39, 0.29) is 6.54 Å². The number of piperidine rings is 1. The third-order valence-electron chi connectivity index (χ3n) is 4.33. The zero-order valence-corrected chi connectivity index (χ0v) is 15.1. The Balaban J connectivity index is 2.38. The molecule has 1 fully saturated rings. The number of rotatable bonds is 4. The molecule has 0 radical (unpaired) electrons. The number of amides is 1. The van der Waals surface area contributed by atoms with Gasteiger partial charge in [-0.2, -0.15) is 0 Å². The van der Waals surface area contributed by atoms with Crippen molar-refractivity contribution >= 4 is 6.09 Å². The summed E-state index contributed by atoms with van der Waals surface area (Å²) < 4.78 is 5.52. The van der Waals surface area contributed by atoms with Crippen LogP contribution in [0.2, 0.25) is 0 Å². The van der Waals surface area contributed by atoms with Crippen LogP contribution < -0.4 is 0 Å². The van der Waals surface area contributed by atoms with E-state index in [0.29, 0.717) is 18.5 Å². The average molecular weight is 346 g/mol. The molecule has 1 saturated heterocycles. The Morgan fingerprint density at radius 2 is 2.04 bits per heavy atom. The standard InChI is InChI=1S/C18H26N4O3/c1-17(2,3)25-16(23)22-12-8-7-11-15(22)18(24,13-20-21-19)14-9-5-4-6-10-14/h4-6,9-10,15,24H,7-8,11-13H2,1-3H3. The summed E-state index contributed by atoms with van der Waals surface area (Å²) in [6.45, 7) is 5.80. The summed E-state index contributed by atoms with van der Waals surface area (Å²) in [5.41, 5.74) is 7.30. The van der Waals surface area contributed by atoms with Crippen LogP contribution in [0.3, 0.4) is 0 Å². The molecule has 1 aromatic rings. The molecule has 1 amide bonds. The molecule has 25 heavy (non-hydrogen) atoms. The van der Waals surface area contributed by atoms with E-state index in [1.54, 1.807) is 17.0 Å². The number of ether oxygens (including phenoxy) is 1. The van der Waals surface area contributed by atoms with Gasteiger partial charge in [0.25, 0.3) is 0 Å². The lowest BCUT2D eigenvalue weighted by atomic mass is 9.81. The maximum atomic E-state index is 12.7. The van der Waals surface area contributed by atoms with Crippen LogP contribution in [0.4, 0.5) is 4.79 Å². The van der Waals surface area contributed by atoms with Gasteiger partial charge in [-0.15, -0.1) is 0 Å². The van der Waals surface area contributed by atoms with Gasteiger partial charge in [0.05, 0.1) is 12.6 Å². The van der Waals surface area contributed by atoms with E-state index in [9.17, 15) is 9.90 Å². The zero-order chi connectivity index (χ0) is 18.5. The number of hydrogen-bond acceptors (Lipinski definition) is 4. The van der Waals surface area contributed by atoms with Gasteiger partial charge in [-0.05, 0) is 51.1 Å². The van der Waals surface area contributed by atoms with Crippen LogP contribution in [-0.4, -0.2) is 40.8 Å². The SMILES string of the molecule is CC(C)(C)OC(=O)N1CCCCC1C(O)(CN=[N+]=[N-])c1ccccc1. The van der Waals surface area contributed by atoms with E-state index < -0.39 is 23.3 Å². The minimum absolute atomic E-state index is 0.141. The predicted molar refractivity (Wildman–Crippen MR) is 94.9 cm³/mol. The molecule has 1 aromatic carbocycles.